The molecule has 1 aliphatic heterocycles. The predicted molar refractivity (Wildman–Crippen MR) is 120 cm³/mol. The maximum Gasteiger partial charge on any atom is 0.243 e. The molecule has 1 fully saturated rings. The van der Waals surface area contributed by atoms with Gasteiger partial charge in [-0.3, -0.25) is 4.79 Å². The molecule has 1 saturated heterocycles. The number of thiazole rings is 1. The third kappa shape index (κ3) is 4.88. The van der Waals surface area contributed by atoms with Crippen LogP contribution in [0.15, 0.2) is 53.4 Å². The number of benzene rings is 2. The van der Waals surface area contributed by atoms with Gasteiger partial charge in [0.05, 0.1) is 20.1 Å². The standard InChI is InChI=1S/C22H25N3O3S2/c26-21(9-3-4-10-22-24-19-7-1-2-8-20(19)29-22)23-17-11-13-18(14-12-17)30(27,28)25-15-5-6-16-25/h1-2,7-8,11-14H,3-6,9-10,15-16H2,(H,23,26). The highest BCUT2D eigenvalue weighted by molar-refractivity contribution is 7.89. The van der Waals surface area contributed by atoms with Crippen molar-refractivity contribution in [2.45, 2.75) is 43.4 Å². The van der Waals surface area contributed by atoms with E-state index in [9.17, 15) is 13.2 Å². The van der Waals surface area contributed by atoms with Gasteiger partial charge in [0.2, 0.25) is 15.9 Å². The van der Waals surface area contributed by atoms with Crippen LogP contribution in [0.5, 0.6) is 0 Å². The maximum absolute atomic E-state index is 12.6. The molecule has 2 heterocycles. The molecule has 1 N–H and O–H groups in total. The number of carbonyl (C=O) groups excluding carboxylic acids is 1. The number of hydrogen-bond acceptors (Lipinski definition) is 5. The van der Waals surface area contributed by atoms with Gasteiger partial charge in [0, 0.05) is 25.2 Å². The Labute approximate surface area is 181 Å². The third-order valence-electron chi connectivity index (χ3n) is 5.22. The molecule has 3 aromatic rings. The Balaban J connectivity index is 1.23. The van der Waals surface area contributed by atoms with Crippen molar-refractivity contribution in [3.63, 3.8) is 0 Å². The SMILES string of the molecule is O=C(CCCCc1nc2ccccc2s1)Nc1ccc(S(=O)(=O)N2CCCC2)cc1. The molecular formula is C22H25N3O3S2. The lowest BCUT2D eigenvalue weighted by molar-refractivity contribution is -0.116. The number of nitrogens with one attached hydrogen (secondary N) is 1. The highest BCUT2D eigenvalue weighted by Gasteiger charge is 2.26. The molecule has 1 amide bonds. The Morgan fingerprint density at radius 1 is 1.03 bits per heavy atom. The zero-order valence-electron chi connectivity index (χ0n) is 16.7. The van der Waals surface area contributed by atoms with Gasteiger partial charge in [0.25, 0.3) is 0 Å². The Morgan fingerprint density at radius 3 is 2.50 bits per heavy atom. The van der Waals surface area contributed by atoms with E-state index in [-0.39, 0.29) is 10.8 Å². The summed E-state index contributed by atoms with van der Waals surface area (Å²) in [7, 11) is -3.42. The molecule has 0 spiro atoms. The van der Waals surface area contributed by atoms with Gasteiger partial charge >= 0.3 is 0 Å². The van der Waals surface area contributed by atoms with Gasteiger partial charge in [-0.1, -0.05) is 12.1 Å². The summed E-state index contributed by atoms with van der Waals surface area (Å²) in [6.45, 7) is 1.16. The van der Waals surface area contributed by atoms with Gasteiger partial charge in [-0.2, -0.15) is 4.31 Å². The Hall–Kier alpha value is -2.29. The van der Waals surface area contributed by atoms with E-state index in [2.05, 4.69) is 16.4 Å². The van der Waals surface area contributed by atoms with Crippen molar-refractivity contribution in [3.8, 4) is 0 Å². The number of nitrogens with zero attached hydrogens (tertiary/aromatic N) is 2. The normalized spacial score (nSPS) is 14.9. The summed E-state index contributed by atoms with van der Waals surface area (Å²) >= 11 is 1.71. The number of aryl methyl sites for hydroxylation is 1. The molecule has 4 rings (SSSR count). The van der Waals surface area contributed by atoms with E-state index < -0.39 is 10.0 Å². The first-order valence-electron chi connectivity index (χ1n) is 10.3. The number of aromatic nitrogens is 1. The van der Waals surface area contributed by atoms with E-state index in [0.29, 0.717) is 25.2 Å². The smallest absolute Gasteiger partial charge is 0.243 e. The average Bonchev–Trinajstić information content (AvgIpc) is 3.41. The summed E-state index contributed by atoms with van der Waals surface area (Å²) < 4.78 is 27.8. The Morgan fingerprint density at radius 2 is 1.77 bits per heavy atom. The van der Waals surface area contributed by atoms with Crippen molar-refractivity contribution in [2.24, 2.45) is 0 Å². The first-order valence-corrected chi connectivity index (χ1v) is 12.5. The van der Waals surface area contributed by atoms with E-state index in [1.807, 2.05) is 18.2 Å². The summed E-state index contributed by atoms with van der Waals surface area (Å²) in [6.07, 6.45) is 4.80. The van der Waals surface area contributed by atoms with Crippen molar-refractivity contribution >= 4 is 43.2 Å². The zero-order valence-corrected chi connectivity index (χ0v) is 18.3. The summed E-state index contributed by atoms with van der Waals surface area (Å²) in [5, 5.41) is 3.95. The van der Waals surface area contributed by atoms with Crippen molar-refractivity contribution < 1.29 is 13.2 Å². The van der Waals surface area contributed by atoms with Gasteiger partial charge in [0.15, 0.2) is 0 Å². The lowest BCUT2D eigenvalue weighted by Gasteiger charge is -2.15. The van der Waals surface area contributed by atoms with Crippen LogP contribution in [0.25, 0.3) is 10.2 Å². The van der Waals surface area contributed by atoms with E-state index in [1.54, 1.807) is 35.6 Å². The Bertz CT molecular complexity index is 1080. The largest absolute Gasteiger partial charge is 0.326 e. The molecule has 0 aliphatic carbocycles. The molecule has 30 heavy (non-hydrogen) atoms. The third-order valence-corrected chi connectivity index (χ3v) is 8.23. The summed E-state index contributed by atoms with van der Waals surface area (Å²) in [6, 6.07) is 14.5. The van der Waals surface area contributed by atoms with Gasteiger partial charge in [-0.25, -0.2) is 13.4 Å². The monoisotopic (exact) mass is 443 g/mol. The first kappa shape index (κ1) is 21.0. The molecule has 2 aromatic carbocycles. The highest BCUT2D eigenvalue weighted by Crippen LogP contribution is 2.24. The number of fused-ring (bicyclic) bond motifs is 1. The number of carbonyl (C=O) groups is 1. The number of sulfonamides is 1. The molecule has 6 nitrogen and oxygen atoms in total. The van der Waals surface area contributed by atoms with E-state index in [4.69, 9.17) is 0 Å². The van der Waals surface area contributed by atoms with Gasteiger partial charge in [0.1, 0.15) is 0 Å². The van der Waals surface area contributed by atoms with Crippen LogP contribution in [-0.2, 0) is 21.2 Å². The molecule has 1 aromatic heterocycles. The predicted octanol–water partition coefficient (Wildman–Crippen LogP) is 4.43. The average molecular weight is 444 g/mol. The van der Waals surface area contributed by atoms with Crippen molar-refractivity contribution in [2.75, 3.05) is 18.4 Å². The number of para-hydroxylation sites is 1. The number of unbranched alkanes of at least 4 members (excludes halogenated alkanes) is 1. The van der Waals surface area contributed by atoms with Crippen LogP contribution in [0.2, 0.25) is 0 Å². The van der Waals surface area contributed by atoms with Crippen LogP contribution in [-0.4, -0.2) is 36.7 Å². The number of rotatable bonds is 8. The molecule has 8 heteroatoms. The number of hydrogen-bond donors (Lipinski definition) is 1. The molecule has 0 saturated carbocycles. The minimum Gasteiger partial charge on any atom is -0.326 e. The van der Waals surface area contributed by atoms with Crippen LogP contribution in [0.4, 0.5) is 5.69 Å². The fourth-order valence-corrected chi connectivity index (χ4v) is 6.13. The molecular weight excluding hydrogens is 418 g/mol. The topological polar surface area (TPSA) is 79.4 Å². The quantitative estimate of drug-likeness (QED) is 0.522. The van der Waals surface area contributed by atoms with E-state index in [0.717, 1.165) is 42.6 Å². The van der Waals surface area contributed by atoms with Crippen LogP contribution in [0.1, 0.15) is 37.1 Å². The zero-order chi connectivity index (χ0) is 21.0. The van der Waals surface area contributed by atoms with Crippen LogP contribution in [0, 0.1) is 0 Å². The van der Waals surface area contributed by atoms with E-state index >= 15 is 0 Å². The van der Waals surface area contributed by atoms with Crippen molar-refractivity contribution in [1.82, 2.24) is 9.29 Å². The molecule has 0 radical (unpaired) electrons. The van der Waals surface area contributed by atoms with Crippen molar-refractivity contribution in [1.29, 1.82) is 0 Å². The van der Waals surface area contributed by atoms with Gasteiger partial charge < -0.3 is 5.32 Å². The van der Waals surface area contributed by atoms with Crippen molar-refractivity contribution in [3.05, 3.63) is 53.5 Å². The number of anilines is 1. The lowest BCUT2D eigenvalue weighted by Crippen LogP contribution is -2.27. The summed E-state index contributed by atoms with van der Waals surface area (Å²) in [5.41, 5.74) is 1.65. The molecule has 0 unspecified atom stereocenters. The summed E-state index contributed by atoms with van der Waals surface area (Å²) in [5.74, 6) is -0.0607. The second-order valence-electron chi connectivity index (χ2n) is 7.47. The minimum atomic E-state index is -3.42. The second-order valence-corrected chi connectivity index (χ2v) is 10.5. The highest BCUT2D eigenvalue weighted by atomic mass is 32.2. The fraction of sp³-hybridized carbons (Fsp3) is 0.364. The molecule has 0 bridgehead atoms. The fourth-order valence-electron chi connectivity index (χ4n) is 3.60. The second kappa shape index (κ2) is 9.24. The van der Waals surface area contributed by atoms with Crippen LogP contribution < -0.4 is 5.32 Å². The minimum absolute atomic E-state index is 0.0607. The Kier molecular flexibility index (Phi) is 6.46. The van der Waals surface area contributed by atoms with Gasteiger partial charge in [-0.05, 0) is 68.5 Å². The maximum atomic E-state index is 12.6. The molecule has 1 aliphatic rings. The lowest BCUT2D eigenvalue weighted by atomic mass is 10.2. The first-order chi connectivity index (χ1) is 14.5. The van der Waals surface area contributed by atoms with Crippen LogP contribution in [0.3, 0.4) is 0 Å². The molecule has 0 atom stereocenters. The summed E-state index contributed by atoms with van der Waals surface area (Å²) in [4.78, 5) is 17.1. The molecule has 158 valence electrons. The van der Waals surface area contributed by atoms with Crippen LogP contribution >= 0.6 is 11.3 Å². The van der Waals surface area contributed by atoms with Gasteiger partial charge in [-0.15, -0.1) is 11.3 Å². The van der Waals surface area contributed by atoms with E-state index in [1.165, 1.54) is 9.01 Å². The number of amides is 1.